The van der Waals surface area contributed by atoms with Crippen molar-refractivity contribution in [2.75, 3.05) is 46.2 Å². The van der Waals surface area contributed by atoms with Crippen LogP contribution in [0, 0.1) is 0 Å². The Morgan fingerprint density at radius 3 is 2.17 bits per heavy atom. The van der Waals surface area contributed by atoms with Gasteiger partial charge in [0.1, 0.15) is 6.61 Å². The van der Waals surface area contributed by atoms with E-state index in [0.29, 0.717) is 33.0 Å². The molecule has 0 aromatic rings. The molecular weight excluding hydrogens is 240 g/mol. The third-order valence-corrected chi connectivity index (χ3v) is 1.98. The Balaban J connectivity index is 3.37. The van der Waals surface area contributed by atoms with Gasteiger partial charge in [-0.25, -0.2) is 0 Å². The van der Waals surface area contributed by atoms with Gasteiger partial charge in [0.05, 0.1) is 39.0 Å². The first-order chi connectivity index (χ1) is 8.70. The summed E-state index contributed by atoms with van der Waals surface area (Å²) in [6.07, 6.45) is -0.910. The lowest BCUT2D eigenvalue weighted by atomic mass is 10.3. The highest BCUT2D eigenvalue weighted by molar-refractivity contribution is 5.69. The number of carbonyl (C=O) groups is 1. The molecule has 1 atom stereocenters. The van der Waals surface area contributed by atoms with Gasteiger partial charge in [0.25, 0.3) is 0 Å². The quantitative estimate of drug-likeness (QED) is 0.405. The average Bonchev–Trinajstić information content (AvgIpc) is 2.34. The molecule has 0 saturated heterocycles. The summed E-state index contributed by atoms with van der Waals surface area (Å²) >= 11 is 0. The van der Waals surface area contributed by atoms with Crippen molar-refractivity contribution in [2.45, 2.75) is 26.4 Å². The molecule has 6 heteroatoms. The first kappa shape index (κ1) is 17.3. The predicted octanol–water partition coefficient (Wildman–Crippen LogP) is 0.370. The van der Waals surface area contributed by atoms with E-state index in [-0.39, 0.29) is 19.6 Å². The number of ether oxygens (including phenoxy) is 4. The number of carbonyl (C=O) groups excluding carboxylic acids is 1. The van der Waals surface area contributed by atoms with Crippen molar-refractivity contribution in [3.05, 3.63) is 0 Å². The number of hydrogen-bond acceptors (Lipinski definition) is 6. The van der Waals surface area contributed by atoms with Crippen LogP contribution >= 0.6 is 0 Å². The Hall–Kier alpha value is -0.690. The van der Waals surface area contributed by atoms with Crippen LogP contribution in [0.1, 0.15) is 20.3 Å². The van der Waals surface area contributed by atoms with Crippen molar-refractivity contribution in [3.8, 4) is 0 Å². The van der Waals surface area contributed by atoms with Crippen molar-refractivity contribution in [1.29, 1.82) is 0 Å². The van der Waals surface area contributed by atoms with Crippen LogP contribution in [0.3, 0.4) is 0 Å². The van der Waals surface area contributed by atoms with Crippen molar-refractivity contribution in [3.63, 3.8) is 0 Å². The number of hydrogen-bond donors (Lipinski definition) is 1. The van der Waals surface area contributed by atoms with Gasteiger partial charge in [-0.15, -0.1) is 0 Å². The first-order valence-corrected chi connectivity index (χ1v) is 6.27. The lowest BCUT2D eigenvalue weighted by Crippen LogP contribution is -2.23. The average molecular weight is 264 g/mol. The van der Waals surface area contributed by atoms with Crippen LogP contribution in [0.4, 0.5) is 0 Å². The van der Waals surface area contributed by atoms with Crippen LogP contribution in [0.15, 0.2) is 0 Å². The van der Waals surface area contributed by atoms with Gasteiger partial charge in [0, 0.05) is 13.2 Å². The fourth-order valence-corrected chi connectivity index (χ4v) is 1.15. The molecule has 0 aromatic carbocycles. The summed E-state index contributed by atoms with van der Waals surface area (Å²) in [6.45, 7) is 6.58. The molecule has 0 aliphatic rings. The van der Waals surface area contributed by atoms with E-state index in [1.807, 2.05) is 13.8 Å². The topological polar surface area (TPSA) is 74.2 Å². The molecule has 0 rings (SSSR count). The van der Waals surface area contributed by atoms with Gasteiger partial charge < -0.3 is 24.1 Å². The van der Waals surface area contributed by atoms with E-state index >= 15 is 0 Å². The Kier molecular flexibility index (Phi) is 12.3. The van der Waals surface area contributed by atoms with Crippen LogP contribution in [-0.2, 0) is 23.7 Å². The van der Waals surface area contributed by atoms with Gasteiger partial charge >= 0.3 is 5.97 Å². The normalized spacial score (nSPS) is 12.4. The van der Waals surface area contributed by atoms with Crippen LogP contribution in [0.25, 0.3) is 0 Å². The van der Waals surface area contributed by atoms with E-state index in [9.17, 15) is 9.90 Å². The largest absolute Gasteiger partial charge is 0.463 e. The lowest BCUT2D eigenvalue weighted by molar-refractivity contribution is -0.148. The highest BCUT2D eigenvalue weighted by Gasteiger charge is 2.12. The van der Waals surface area contributed by atoms with Gasteiger partial charge in [-0.2, -0.15) is 0 Å². The summed E-state index contributed by atoms with van der Waals surface area (Å²) in [5, 5.41) is 9.48. The zero-order chi connectivity index (χ0) is 13.6. The van der Waals surface area contributed by atoms with Crippen molar-refractivity contribution < 1.29 is 28.8 Å². The number of rotatable bonds is 12. The molecule has 1 unspecified atom stereocenters. The van der Waals surface area contributed by atoms with Gasteiger partial charge in [-0.1, -0.05) is 0 Å². The van der Waals surface area contributed by atoms with Crippen LogP contribution in [-0.4, -0.2) is 63.4 Å². The molecule has 0 saturated carbocycles. The number of aliphatic hydroxyl groups is 1. The molecule has 0 bridgehead atoms. The zero-order valence-electron chi connectivity index (χ0n) is 11.2. The van der Waals surface area contributed by atoms with Crippen LogP contribution < -0.4 is 0 Å². The molecule has 6 nitrogen and oxygen atoms in total. The molecule has 0 fully saturated rings. The summed E-state index contributed by atoms with van der Waals surface area (Å²) < 4.78 is 20.1. The predicted molar refractivity (Wildman–Crippen MR) is 65.4 cm³/mol. The smallest absolute Gasteiger partial charge is 0.308 e. The molecule has 0 aliphatic heterocycles. The fraction of sp³-hybridized carbons (Fsp3) is 0.917. The third kappa shape index (κ3) is 11.8. The third-order valence-electron chi connectivity index (χ3n) is 1.98. The first-order valence-electron chi connectivity index (χ1n) is 6.27. The number of aliphatic hydroxyl groups excluding tert-OH is 1. The molecule has 0 aromatic heterocycles. The van der Waals surface area contributed by atoms with E-state index in [0.717, 1.165) is 0 Å². The second kappa shape index (κ2) is 12.8. The molecule has 18 heavy (non-hydrogen) atoms. The highest BCUT2D eigenvalue weighted by Crippen LogP contribution is 1.96. The maximum atomic E-state index is 11.2. The van der Waals surface area contributed by atoms with E-state index in [1.165, 1.54) is 0 Å². The molecule has 0 spiro atoms. The Bertz CT molecular complexity index is 197. The molecule has 0 radical (unpaired) electrons. The van der Waals surface area contributed by atoms with Crippen molar-refractivity contribution in [2.24, 2.45) is 0 Å². The summed E-state index contributed by atoms with van der Waals surface area (Å²) in [4.78, 5) is 11.2. The second-order valence-electron chi connectivity index (χ2n) is 3.55. The number of esters is 1. The van der Waals surface area contributed by atoms with E-state index in [4.69, 9.17) is 18.9 Å². The van der Waals surface area contributed by atoms with Crippen LogP contribution in [0.2, 0.25) is 0 Å². The standard InChI is InChI=1S/C12H24O6/c1-3-15-5-6-17-10-11(13)9-12(14)18-8-7-16-4-2/h11,13H,3-10H2,1-2H3. The molecule has 1 N–H and O–H groups in total. The summed E-state index contributed by atoms with van der Waals surface area (Å²) in [6, 6.07) is 0. The molecule has 0 amide bonds. The summed E-state index contributed by atoms with van der Waals surface area (Å²) in [5.74, 6) is -0.449. The van der Waals surface area contributed by atoms with Gasteiger partial charge in [0.15, 0.2) is 0 Å². The van der Waals surface area contributed by atoms with Crippen molar-refractivity contribution >= 4 is 5.97 Å². The second-order valence-corrected chi connectivity index (χ2v) is 3.55. The minimum atomic E-state index is -0.841. The maximum absolute atomic E-state index is 11.2. The van der Waals surface area contributed by atoms with E-state index in [2.05, 4.69) is 0 Å². The van der Waals surface area contributed by atoms with E-state index < -0.39 is 12.1 Å². The van der Waals surface area contributed by atoms with Crippen molar-refractivity contribution in [1.82, 2.24) is 0 Å². The monoisotopic (exact) mass is 264 g/mol. The fourth-order valence-electron chi connectivity index (χ4n) is 1.15. The Labute approximate surface area is 108 Å². The Morgan fingerprint density at radius 2 is 1.56 bits per heavy atom. The van der Waals surface area contributed by atoms with E-state index in [1.54, 1.807) is 0 Å². The molecule has 0 aliphatic carbocycles. The zero-order valence-corrected chi connectivity index (χ0v) is 11.2. The van der Waals surface area contributed by atoms with Gasteiger partial charge in [-0.05, 0) is 13.8 Å². The minimum absolute atomic E-state index is 0.0687. The lowest BCUT2D eigenvalue weighted by Gasteiger charge is -2.11. The molecular formula is C12H24O6. The summed E-state index contributed by atoms with van der Waals surface area (Å²) in [7, 11) is 0. The van der Waals surface area contributed by atoms with Gasteiger partial charge in [0.2, 0.25) is 0 Å². The SMILES string of the molecule is CCOCCOCC(O)CC(=O)OCCOCC. The molecule has 0 heterocycles. The van der Waals surface area contributed by atoms with Gasteiger partial charge in [-0.3, -0.25) is 4.79 Å². The Morgan fingerprint density at radius 1 is 1.00 bits per heavy atom. The maximum Gasteiger partial charge on any atom is 0.308 e. The molecule has 108 valence electrons. The highest BCUT2D eigenvalue weighted by atomic mass is 16.6. The summed E-state index contributed by atoms with van der Waals surface area (Å²) in [5.41, 5.74) is 0. The minimum Gasteiger partial charge on any atom is -0.463 e. The van der Waals surface area contributed by atoms with Crippen LogP contribution in [0.5, 0.6) is 0 Å².